The van der Waals surface area contributed by atoms with Gasteiger partial charge in [-0.15, -0.1) is 0 Å². The summed E-state index contributed by atoms with van der Waals surface area (Å²) in [7, 11) is 1.31. The van der Waals surface area contributed by atoms with Crippen LogP contribution in [0.2, 0.25) is 0 Å². The standard InChI is InChI=1S/C30H34N2O10/c1-6-10-23(33)41-26-22(38-5)13-14-31-24(26)27(34)32-21-16-39-29(36)20(15-19-11-8-7-9-12-19)25(18(4)40-30(21)37)42-28(35)17(2)3/h6-14,17-18,20-21,25H,15-16H2,1-5H3,(H,32,34)/t18-,20+,21-,25-/m0/s1. The summed E-state index contributed by atoms with van der Waals surface area (Å²) in [5.41, 5.74) is 0.418. The molecule has 0 spiro atoms. The predicted molar refractivity (Wildman–Crippen MR) is 147 cm³/mol. The highest BCUT2D eigenvalue weighted by Gasteiger charge is 2.42. The maximum atomic E-state index is 13.4. The average Bonchev–Trinajstić information content (AvgIpc) is 2.99. The number of carbonyl (C=O) groups is 5. The molecule has 1 fully saturated rings. The zero-order valence-corrected chi connectivity index (χ0v) is 24.0. The minimum Gasteiger partial charge on any atom is -0.493 e. The van der Waals surface area contributed by atoms with Gasteiger partial charge in [0.25, 0.3) is 5.91 Å². The summed E-state index contributed by atoms with van der Waals surface area (Å²) in [5, 5.41) is 2.43. The van der Waals surface area contributed by atoms with Crippen LogP contribution in [0.5, 0.6) is 11.5 Å². The third kappa shape index (κ3) is 8.15. The molecule has 0 bridgehead atoms. The normalized spacial score (nSPS) is 20.9. The Morgan fingerprint density at radius 3 is 2.48 bits per heavy atom. The molecule has 42 heavy (non-hydrogen) atoms. The Kier molecular flexibility index (Phi) is 11.2. The molecule has 1 amide bonds. The van der Waals surface area contributed by atoms with Crippen LogP contribution in [0.15, 0.2) is 54.7 Å². The Morgan fingerprint density at radius 1 is 1.12 bits per heavy atom. The fourth-order valence-corrected chi connectivity index (χ4v) is 4.10. The number of methoxy groups -OCH3 is 1. The van der Waals surface area contributed by atoms with E-state index in [1.165, 1.54) is 32.4 Å². The first-order chi connectivity index (χ1) is 20.0. The summed E-state index contributed by atoms with van der Waals surface area (Å²) >= 11 is 0. The summed E-state index contributed by atoms with van der Waals surface area (Å²) < 4.78 is 27.2. The molecule has 1 aromatic carbocycles. The average molecular weight is 583 g/mol. The minimum absolute atomic E-state index is 0.0451. The molecule has 3 rings (SSSR count). The molecule has 2 aromatic rings. The first-order valence-corrected chi connectivity index (χ1v) is 13.4. The number of rotatable bonds is 9. The Morgan fingerprint density at radius 2 is 1.83 bits per heavy atom. The highest BCUT2D eigenvalue weighted by molar-refractivity contribution is 5.99. The van der Waals surface area contributed by atoms with Crippen molar-refractivity contribution >= 4 is 29.8 Å². The molecule has 0 radical (unpaired) electrons. The molecule has 1 aliphatic rings. The van der Waals surface area contributed by atoms with Crippen molar-refractivity contribution in [3.63, 3.8) is 0 Å². The molecule has 1 aliphatic heterocycles. The number of nitrogens with one attached hydrogen (secondary N) is 1. The largest absolute Gasteiger partial charge is 0.493 e. The number of hydrogen-bond acceptors (Lipinski definition) is 11. The van der Waals surface area contributed by atoms with Crippen LogP contribution in [0, 0.1) is 11.8 Å². The number of pyridine rings is 1. The number of nitrogens with zero attached hydrogens (tertiary/aromatic N) is 1. The Labute approximate surface area is 243 Å². The van der Waals surface area contributed by atoms with Crippen LogP contribution in [-0.4, -0.2) is 66.7 Å². The van der Waals surface area contributed by atoms with Crippen molar-refractivity contribution in [3.8, 4) is 11.5 Å². The number of esters is 4. The lowest BCUT2D eigenvalue weighted by atomic mass is 9.91. The molecule has 1 N–H and O–H groups in total. The van der Waals surface area contributed by atoms with E-state index in [0.29, 0.717) is 0 Å². The highest BCUT2D eigenvalue weighted by Crippen LogP contribution is 2.30. The number of amides is 1. The first-order valence-electron chi connectivity index (χ1n) is 13.4. The second-order valence-electron chi connectivity index (χ2n) is 9.76. The van der Waals surface area contributed by atoms with E-state index in [9.17, 15) is 24.0 Å². The van der Waals surface area contributed by atoms with Gasteiger partial charge < -0.3 is 29.0 Å². The highest BCUT2D eigenvalue weighted by atomic mass is 16.6. The molecule has 1 saturated heterocycles. The maximum absolute atomic E-state index is 13.4. The van der Waals surface area contributed by atoms with Gasteiger partial charge in [-0.3, -0.25) is 14.4 Å². The van der Waals surface area contributed by atoms with Crippen molar-refractivity contribution < 1.29 is 47.7 Å². The fourth-order valence-electron chi connectivity index (χ4n) is 4.10. The lowest BCUT2D eigenvalue weighted by molar-refractivity contribution is -0.176. The molecule has 2 heterocycles. The summed E-state index contributed by atoms with van der Waals surface area (Å²) in [4.78, 5) is 68.5. The first kappa shape index (κ1) is 31.8. The van der Waals surface area contributed by atoms with Crippen molar-refractivity contribution in [2.24, 2.45) is 11.8 Å². The van der Waals surface area contributed by atoms with E-state index in [-0.39, 0.29) is 23.6 Å². The van der Waals surface area contributed by atoms with Crippen LogP contribution in [-0.2, 0) is 39.8 Å². The van der Waals surface area contributed by atoms with Gasteiger partial charge in [0.2, 0.25) is 5.75 Å². The third-order valence-corrected chi connectivity index (χ3v) is 6.28. The van der Waals surface area contributed by atoms with Crippen molar-refractivity contribution in [1.29, 1.82) is 0 Å². The van der Waals surface area contributed by atoms with Crippen molar-refractivity contribution in [2.75, 3.05) is 13.7 Å². The van der Waals surface area contributed by atoms with E-state index in [1.54, 1.807) is 32.9 Å². The Bertz CT molecular complexity index is 1320. The van der Waals surface area contributed by atoms with Gasteiger partial charge in [0.05, 0.1) is 13.0 Å². The second kappa shape index (κ2) is 14.8. The molecule has 4 atom stereocenters. The van der Waals surface area contributed by atoms with Gasteiger partial charge in [0.1, 0.15) is 18.6 Å². The lowest BCUT2D eigenvalue weighted by Crippen LogP contribution is -2.47. The second-order valence-corrected chi connectivity index (χ2v) is 9.76. The number of allylic oxidation sites excluding steroid dienone is 1. The lowest BCUT2D eigenvalue weighted by Gasteiger charge is -2.29. The van der Waals surface area contributed by atoms with E-state index in [0.717, 1.165) is 11.6 Å². The summed E-state index contributed by atoms with van der Waals surface area (Å²) in [6.07, 6.45) is 1.74. The van der Waals surface area contributed by atoms with Gasteiger partial charge in [-0.1, -0.05) is 50.3 Å². The van der Waals surface area contributed by atoms with Crippen molar-refractivity contribution in [2.45, 2.75) is 52.4 Å². The van der Waals surface area contributed by atoms with Gasteiger partial charge in [-0.05, 0) is 25.8 Å². The molecule has 12 heteroatoms. The van der Waals surface area contributed by atoms with Crippen LogP contribution >= 0.6 is 0 Å². The SMILES string of the molecule is CC=CC(=O)Oc1c(OC)ccnc1C(=O)N[C@H]1COC(=O)[C@H](Cc2ccccc2)[C@@H](OC(=O)C(C)C)[C@H](C)OC1=O. The van der Waals surface area contributed by atoms with Gasteiger partial charge in [-0.2, -0.15) is 0 Å². The van der Waals surface area contributed by atoms with Crippen molar-refractivity contribution in [1.82, 2.24) is 10.3 Å². The number of aromatic nitrogens is 1. The molecule has 224 valence electrons. The van der Waals surface area contributed by atoms with Gasteiger partial charge >= 0.3 is 23.9 Å². The number of hydrogen-bond donors (Lipinski definition) is 1. The molecule has 0 saturated carbocycles. The zero-order valence-electron chi connectivity index (χ0n) is 24.0. The topological polar surface area (TPSA) is 156 Å². The predicted octanol–water partition coefficient (Wildman–Crippen LogP) is 2.59. The molecule has 0 unspecified atom stereocenters. The van der Waals surface area contributed by atoms with E-state index >= 15 is 0 Å². The smallest absolute Gasteiger partial charge is 0.336 e. The monoisotopic (exact) mass is 582 g/mol. The summed E-state index contributed by atoms with van der Waals surface area (Å²) in [5.74, 6) is -5.72. The molecular weight excluding hydrogens is 548 g/mol. The van der Waals surface area contributed by atoms with Crippen LogP contribution in [0.3, 0.4) is 0 Å². The van der Waals surface area contributed by atoms with E-state index in [4.69, 9.17) is 23.7 Å². The van der Waals surface area contributed by atoms with Crippen LogP contribution in [0.4, 0.5) is 0 Å². The molecule has 1 aromatic heterocycles. The van der Waals surface area contributed by atoms with Crippen molar-refractivity contribution in [3.05, 3.63) is 66.0 Å². The minimum atomic E-state index is -1.46. The van der Waals surface area contributed by atoms with Gasteiger partial charge in [0.15, 0.2) is 23.6 Å². The number of ether oxygens (including phenoxy) is 5. The van der Waals surface area contributed by atoms with E-state index in [1.807, 2.05) is 18.2 Å². The van der Waals surface area contributed by atoms with Crippen LogP contribution in [0.25, 0.3) is 0 Å². The zero-order chi connectivity index (χ0) is 30.8. The van der Waals surface area contributed by atoms with Crippen LogP contribution in [0.1, 0.15) is 43.7 Å². The quantitative estimate of drug-likeness (QED) is 0.263. The summed E-state index contributed by atoms with van der Waals surface area (Å²) in [6, 6.07) is 8.97. The van der Waals surface area contributed by atoms with Gasteiger partial charge in [-0.25, -0.2) is 14.6 Å². The van der Waals surface area contributed by atoms with E-state index < -0.39 is 66.5 Å². The van der Waals surface area contributed by atoms with Crippen LogP contribution < -0.4 is 14.8 Å². The number of benzene rings is 1. The van der Waals surface area contributed by atoms with Gasteiger partial charge in [0, 0.05) is 18.3 Å². The molecule has 0 aliphatic carbocycles. The third-order valence-electron chi connectivity index (χ3n) is 6.28. The summed E-state index contributed by atoms with van der Waals surface area (Å²) in [6.45, 7) is 5.80. The Hall–Kier alpha value is -4.74. The number of cyclic esters (lactones) is 2. The molecule has 12 nitrogen and oxygen atoms in total. The maximum Gasteiger partial charge on any atom is 0.336 e. The fraction of sp³-hybridized carbons (Fsp3) is 0.400. The Balaban J connectivity index is 1.90. The number of carbonyl (C=O) groups excluding carboxylic acids is 5. The van der Waals surface area contributed by atoms with E-state index in [2.05, 4.69) is 10.3 Å². The molecular formula is C30H34N2O10.